The summed E-state index contributed by atoms with van der Waals surface area (Å²) in [6.07, 6.45) is 0. The predicted octanol–water partition coefficient (Wildman–Crippen LogP) is -0.0241. The molecule has 0 atom stereocenters. The molecule has 4 rings (SSSR count). The molecule has 0 heterocycles. The monoisotopic (exact) mass is 210 g/mol. The van der Waals surface area contributed by atoms with Gasteiger partial charge in [-0.3, -0.25) is 0 Å². The molecule has 0 nitrogen and oxygen atoms in total. The Hall–Kier alpha value is -1.17. The normalized spacial score (nSPS) is 12.3. The first-order valence-corrected chi connectivity index (χ1v) is 5.48. The van der Waals surface area contributed by atoms with Crippen molar-refractivity contribution < 1.29 is 0 Å². The quantitative estimate of drug-likeness (QED) is 0.357. The molecule has 0 bridgehead atoms. The van der Waals surface area contributed by atoms with Gasteiger partial charge in [-0.15, -0.1) is 0 Å². The zero-order valence-corrected chi connectivity index (χ0v) is 9.46. The summed E-state index contributed by atoms with van der Waals surface area (Å²) in [4.78, 5) is 0. The number of fused-ring (bicyclic) bond motifs is 6. The Bertz CT molecular complexity index is 971. The second-order valence-corrected chi connectivity index (χ2v) is 4.73. The molecule has 6 radical (unpaired) electrons. The first-order valence-electron chi connectivity index (χ1n) is 5.48. The summed E-state index contributed by atoms with van der Waals surface area (Å²) in [5, 5.41) is 8.51. The molecule has 0 saturated heterocycles. The van der Waals surface area contributed by atoms with Crippen LogP contribution in [0, 0.1) is 30.7 Å². The molecular formula is C12B6. The fraction of sp³-hybridized carbons (Fsp3) is 0. The van der Waals surface area contributed by atoms with Crippen LogP contribution in [0.4, 0.5) is 0 Å². The molecule has 0 amide bonds. The third-order valence-corrected chi connectivity index (χ3v) is 3.99. The average molecular weight is 209 g/mol. The van der Waals surface area contributed by atoms with Gasteiger partial charge in [0.15, 0.2) is 0 Å². The van der Waals surface area contributed by atoms with Gasteiger partial charge in [-0.05, 0) is 0 Å². The Kier molecular flexibility index (Phi) is 1.71. The van der Waals surface area contributed by atoms with Gasteiger partial charge in [0, 0.05) is 0 Å². The molecular weight excluding hydrogens is 209 g/mol. The van der Waals surface area contributed by atoms with Crippen molar-refractivity contribution in [1.82, 2.24) is 0 Å². The van der Waals surface area contributed by atoms with Crippen LogP contribution in [0.2, 0.25) is 0 Å². The van der Waals surface area contributed by atoms with Gasteiger partial charge >= 0.3 is 108 Å². The fourth-order valence-electron chi connectivity index (χ4n) is 2.99. The van der Waals surface area contributed by atoms with E-state index in [2.05, 4.69) is 0 Å². The molecule has 66 valence electrons. The number of hydrogen-bond acceptors (Lipinski definition) is 0. The van der Waals surface area contributed by atoms with E-state index in [0.29, 0.717) is 30.7 Å². The third-order valence-electron chi connectivity index (χ3n) is 3.99. The van der Waals surface area contributed by atoms with Crippen LogP contribution < -0.4 is 0 Å². The van der Waals surface area contributed by atoms with Gasteiger partial charge in [0.2, 0.25) is 0 Å². The van der Waals surface area contributed by atoms with Crippen molar-refractivity contribution in [1.29, 1.82) is 0 Å². The molecule has 0 saturated carbocycles. The number of benzene rings is 1. The van der Waals surface area contributed by atoms with E-state index in [0.717, 1.165) is 32.3 Å². The minimum atomic E-state index is 0.553. The van der Waals surface area contributed by atoms with Crippen LogP contribution in [0.3, 0.4) is 0 Å². The first kappa shape index (κ1) is 10.7. The fourth-order valence-corrected chi connectivity index (χ4v) is 2.99. The van der Waals surface area contributed by atoms with Gasteiger partial charge in [0.05, 0.1) is 0 Å². The zero-order valence-electron chi connectivity index (χ0n) is 9.46. The van der Waals surface area contributed by atoms with E-state index < -0.39 is 0 Å². The summed E-state index contributed by atoms with van der Waals surface area (Å²) in [7, 11) is 35.5. The molecule has 0 aromatic heterocycles. The SMILES string of the molecule is [B]=c1c(=[B])c2c1c1c(=[B])c(=[B])c1c1c(=[B])c(=[B])c21. The van der Waals surface area contributed by atoms with Crippen molar-refractivity contribution in [3.8, 4) is 0 Å². The van der Waals surface area contributed by atoms with Gasteiger partial charge in [0.25, 0.3) is 0 Å². The van der Waals surface area contributed by atoms with Crippen LogP contribution in [-0.2, 0) is 0 Å². The van der Waals surface area contributed by atoms with Crippen molar-refractivity contribution in [2.24, 2.45) is 0 Å². The molecule has 6 heteroatoms. The Morgan fingerprint density at radius 1 is 0.278 bits per heavy atom. The summed E-state index contributed by atoms with van der Waals surface area (Å²) in [5.41, 5.74) is 0. The molecule has 0 aliphatic carbocycles. The standard InChI is InChI=1S/C12B6/c13-7-1-2(8(7)14)4-6(12(18)11(4)17)5-3(1)9(15)10(5)16. The van der Waals surface area contributed by atoms with Crippen LogP contribution in [0.15, 0.2) is 0 Å². The second kappa shape index (κ2) is 2.87. The molecule has 0 fully saturated rings. The van der Waals surface area contributed by atoms with Gasteiger partial charge in [-0.25, -0.2) is 0 Å². The topological polar surface area (TPSA) is 0 Å². The Morgan fingerprint density at radius 2 is 0.389 bits per heavy atom. The summed E-state index contributed by atoms with van der Waals surface area (Å²) >= 11 is 0. The maximum absolute atomic E-state index is 5.92. The van der Waals surface area contributed by atoms with E-state index in [1.807, 2.05) is 0 Å². The average Bonchev–Trinajstić information content (AvgIpc) is 2.41. The summed E-state index contributed by atoms with van der Waals surface area (Å²) in [5.74, 6) is 0. The molecule has 0 spiro atoms. The molecule has 0 N–H and O–H groups in total. The summed E-state index contributed by atoms with van der Waals surface area (Å²) < 4.78 is 0. The molecule has 4 aromatic carbocycles. The Balaban J connectivity index is 2.64. The second-order valence-electron chi connectivity index (χ2n) is 4.73. The van der Waals surface area contributed by atoms with Crippen molar-refractivity contribution in [2.75, 3.05) is 0 Å². The molecule has 0 aliphatic heterocycles. The van der Waals surface area contributed by atoms with Gasteiger partial charge in [0.1, 0.15) is 0 Å². The minimum absolute atomic E-state index is 0.553. The molecule has 0 aliphatic rings. The van der Waals surface area contributed by atoms with Gasteiger partial charge in [-0.1, -0.05) is 0 Å². The predicted molar refractivity (Wildman–Crippen MR) is 80.1 cm³/mol. The molecule has 0 unspecified atom stereocenters. The van der Waals surface area contributed by atoms with Gasteiger partial charge < -0.3 is 0 Å². The van der Waals surface area contributed by atoms with Crippen LogP contribution in [-0.4, -0.2) is 44.9 Å². The van der Waals surface area contributed by atoms with Crippen molar-refractivity contribution in [3.05, 3.63) is 30.7 Å². The van der Waals surface area contributed by atoms with E-state index >= 15 is 0 Å². The molecule has 18 heavy (non-hydrogen) atoms. The van der Waals surface area contributed by atoms with Crippen molar-refractivity contribution in [3.63, 3.8) is 0 Å². The van der Waals surface area contributed by atoms with Gasteiger partial charge in [-0.2, -0.15) is 0 Å². The van der Waals surface area contributed by atoms with E-state index in [4.69, 9.17) is 44.9 Å². The molecule has 4 aromatic rings. The summed E-state index contributed by atoms with van der Waals surface area (Å²) in [6, 6.07) is 0. The van der Waals surface area contributed by atoms with E-state index in [1.54, 1.807) is 0 Å². The summed E-state index contributed by atoms with van der Waals surface area (Å²) in [6.45, 7) is 0. The van der Waals surface area contributed by atoms with Crippen LogP contribution in [0.25, 0.3) is 32.3 Å². The van der Waals surface area contributed by atoms with E-state index in [-0.39, 0.29) is 0 Å². The van der Waals surface area contributed by atoms with Crippen LogP contribution in [0.1, 0.15) is 0 Å². The third kappa shape index (κ3) is 0.820. The number of hydrogen-bond donors (Lipinski definition) is 0. The van der Waals surface area contributed by atoms with Crippen LogP contribution >= 0.6 is 0 Å². The zero-order chi connectivity index (χ0) is 12.9. The van der Waals surface area contributed by atoms with Crippen molar-refractivity contribution >= 4 is 77.2 Å². The van der Waals surface area contributed by atoms with Crippen LogP contribution in [0.5, 0.6) is 0 Å². The Morgan fingerprint density at radius 3 is 0.500 bits per heavy atom. The van der Waals surface area contributed by atoms with E-state index in [9.17, 15) is 0 Å². The number of rotatable bonds is 0. The Labute approximate surface area is 108 Å². The first-order chi connectivity index (χ1) is 8.46. The van der Waals surface area contributed by atoms with E-state index in [1.165, 1.54) is 0 Å². The maximum atomic E-state index is 5.92. The van der Waals surface area contributed by atoms with Crippen molar-refractivity contribution in [2.45, 2.75) is 0 Å².